The fourth-order valence-electron chi connectivity index (χ4n) is 1.72. The summed E-state index contributed by atoms with van der Waals surface area (Å²) in [6.07, 6.45) is 0. The molecular formula is C14H15N3O2S. The monoisotopic (exact) mass is 289 g/mol. The SMILES string of the molecule is Cc1nc(C)c(C(=O)NCc2sccc2C#CCN)o1. The Labute approximate surface area is 121 Å². The topological polar surface area (TPSA) is 81.2 Å². The van der Waals surface area contributed by atoms with Gasteiger partial charge in [-0.2, -0.15) is 0 Å². The molecule has 1 amide bonds. The molecule has 0 aromatic carbocycles. The molecule has 0 saturated heterocycles. The van der Waals surface area contributed by atoms with Crippen LogP contribution in [0.5, 0.6) is 0 Å². The van der Waals surface area contributed by atoms with E-state index in [0.717, 1.165) is 10.4 Å². The van der Waals surface area contributed by atoms with Gasteiger partial charge in [0.15, 0.2) is 5.89 Å². The van der Waals surface area contributed by atoms with Crippen LogP contribution in [-0.2, 0) is 6.54 Å². The van der Waals surface area contributed by atoms with E-state index in [1.54, 1.807) is 25.2 Å². The van der Waals surface area contributed by atoms with E-state index >= 15 is 0 Å². The molecule has 0 aliphatic rings. The number of thiophene rings is 1. The van der Waals surface area contributed by atoms with Gasteiger partial charge in [0, 0.05) is 17.4 Å². The van der Waals surface area contributed by atoms with E-state index in [0.29, 0.717) is 24.7 Å². The maximum Gasteiger partial charge on any atom is 0.289 e. The van der Waals surface area contributed by atoms with Gasteiger partial charge in [-0.15, -0.1) is 11.3 Å². The number of hydrogen-bond donors (Lipinski definition) is 2. The van der Waals surface area contributed by atoms with Crippen molar-refractivity contribution >= 4 is 17.2 Å². The van der Waals surface area contributed by atoms with Crippen molar-refractivity contribution in [2.75, 3.05) is 6.54 Å². The highest BCUT2D eigenvalue weighted by molar-refractivity contribution is 7.10. The predicted octanol–water partition coefficient (Wildman–Crippen LogP) is 1.59. The van der Waals surface area contributed by atoms with E-state index in [4.69, 9.17) is 10.2 Å². The highest BCUT2D eigenvalue weighted by atomic mass is 32.1. The highest BCUT2D eigenvalue weighted by Gasteiger charge is 2.16. The van der Waals surface area contributed by atoms with Gasteiger partial charge in [0.1, 0.15) is 0 Å². The standard InChI is InChI=1S/C14H15N3O2S/c1-9-13(19-10(2)17-9)14(18)16-8-12-11(4-3-6-15)5-7-20-12/h5,7H,6,8,15H2,1-2H3,(H,16,18). The van der Waals surface area contributed by atoms with Crippen molar-refractivity contribution in [1.29, 1.82) is 0 Å². The van der Waals surface area contributed by atoms with Crippen LogP contribution in [-0.4, -0.2) is 17.4 Å². The number of rotatable bonds is 3. The number of hydrogen-bond acceptors (Lipinski definition) is 5. The van der Waals surface area contributed by atoms with Crippen molar-refractivity contribution in [2.24, 2.45) is 5.73 Å². The van der Waals surface area contributed by atoms with Crippen LogP contribution < -0.4 is 11.1 Å². The molecule has 2 aromatic rings. The van der Waals surface area contributed by atoms with Crippen LogP contribution in [0.1, 0.15) is 32.6 Å². The van der Waals surface area contributed by atoms with Gasteiger partial charge in [-0.05, 0) is 18.4 Å². The lowest BCUT2D eigenvalue weighted by molar-refractivity contribution is 0.0921. The molecule has 6 heteroatoms. The zero-order chi connectivity index (χ0) is 14.5. The molecule has 3 N–H and O–H groups in total. The number of aromatic nitrogens is 1. The molecule has 2 heterocycles. The molecule has 0 bridgehead atoms. The number of amides is 1. The zero-order valence-corrected chi connectivity index (χ0v) is 12.1. The summed E-state index contributed by atoms with van der Waals surface area (Å²) in [5.41, 5.74) is 6.84. The molecule has 0 atom stereocenters. The number of nitrogens with two attached hydrogens (primary N) is 1. The van der Waals surface area contributed by atoms with Gasteiger partial charge in [-0.3, -0.25) is 4.79 Å². The Kier molecular flexibility index (Phi) is 4.56. The van der Waals surface area contributed by atoms with Gasteiger partial charge >= 0.3 is 0 Å². The minimum absolute atomic E-state index is 0.258. The van der Waals surface area contributed by atoms with Crippen molar-refractivity contribution in [3.63, 3.8) is 0 Å². The van der Waals surface area contributed by atoms with Crippen molar-refractivity contribution in [2.45, 2.75) is 20.4 Å². The molecule has 104 valence electrons. The lowest BCUT2D eigenvalue weighted by atomic mass is 10.2. The second-order valence-electron chi connectivity index (χ2n) is 4.09. The Balaban J connectivity index is 2.04. The minimum atomic E-state index is -0.269. The normalized spacial score (nSPS) is 9.95. The maximum absolute atomic E-state index is 12.0. The van der Waals surface area contributed by atoms with Gasteiger partial charge in [0.2, 0.25) is 5.76 Å². The van der Waals surface area contributed by atoms with Crippen LogP contribution in [0, 0.1) is 25.7 Å². The quantitative estimate of drug-likeness (QED) is 0.841. The lowest BCUT2D eigenvalue weighted by Gasteiger charge is -2.02. The number of nitrogens with zero attached hydrogens (tertiary/aromatic N) is 1. The largest absolute Gasteiger partial charge is 0.436 e. The van der Waals surface area contributed by atoms with Gasteiger partial charge < -0.3 is 15.5 Å². The summed E-state index contributed by atoms with van der Waals surface area (Å²) in [5.74, 6) is 6.26. The van der Waals surface area contributed by atoms with Crippen molar-refractivity contribution < 1.29 is 9.21 Å². The van der Waals surface area contributed by atoms with E-state index < -0.39 is 0 Å². The molecule has 0 unspecified atom stereocenters. The molecule has 5 nitrogen and oxygen atoms in total. The van der Waals surface area contributed by atoms with Crippen LogP contribution >= 0.6 is 11.3 Å². The Hall–Kier alpha value is -2.10. The van der Waals surface area contributed by atoms with Gasteiger partial charge in [-0.1, -0.05) is 11.8 Å². The summed E-state index contributed by atoms with van der Waals surface area (Å²) >= 11 is 1.54. The summed E-state index contributed by atoms with van der Waals surface area (Å²) in [5, 5.41) is 4.75. The third-order valence-electron chi connectivity index (χ3n) is 2.59. The number of carbonyl (C=O) groups is 1. The summed E-state index contributed by atoms with van der Waals surface area (Å²) in [6.45, 7) is 4.18. The maximum atomic E-state index is 12.0. The van der Waals surface area contributed by atoms with Gasteiger partial charge in [0.05, 0.1) is 18.8 Å². The first-order chi connectivity index (χ1) is 9.61. The molecule has 0 aliphatic heterocycles. The molecule has 0 fully saturated rings. The zero-order valence-electron chi connectivity index (χ0n) is 11.3. The van der Waals surface area contributed by atoms with Crippen LogP contribution in [0.2, 0.25) is 0 Å². The smallest absolute Gasteiger partial charge is 0.289 e. The highest BCUT2D eigenvalue weighted by Crippen LogP contribution is 2.16. The first-order valence-electron chi connectivity index (χ1n) is 6.09. The Morgan fingerprint density at radius 2 is 2.35 bits per heavy atom. The van der Waals surface area contributed by atoms with E-state index in [1.807, 2.05) is 11.4 Å². The lowest BCUT2D eigenvalue weighted by Crippen LogP contribution is -2.22. The van der Waals surface area contributed by atoms with E-state index in [1.165, 1.54) is 0 Å². The average Bonchev–Trinajstić information content (AvgIpc) is 2.99. The fraction of sp³-hybridized carbons (Fsp3) is 0.286. The van der Waals surface area contributed by atoms with Crippen LogP contribution in [0.25, 0.3) is 0 Å². The van der Waals surface area contributed by atoms with Crippen LogP contribution in [0.3, 0.4) is 0 Å². The van der Waals surface area contributed by atoms with Crippen molar-refractivity contribution in [1.82, 2.24) is 10.3 Å². The number of nitrogens with one attached hydrogen (secondary N) is 1. The molecule has 2 rings (SSSR count). The molecular weight excluding hydrogens is 274 g/mol. The summed E-state index contributed by atoms with van der Waals surface area (Å²) in [6, 6.07) is 1.92. The minimum Gasteiger partial charge on any atom is -0.436 e. The first-order valence-corrected chi connectivity index (χ1v) is 6.97. The number of oxazole rings is 1. The van der Waals surface area contributed by atoms with Crippen molar-refractivity contribution in [3.05, 3.63) is 39.2 Å². The van der Waals surface area contributed by atoms with Crippen LogP contribution in [0.4, 0.5) is 0 Å². The summed E-state index contributed by atoms with van der Waals surface area (Å²) < 4.78 is 5.28. The second kappa shape index (κ2) is 6.37. The second-order valence-corrected chi connectivity index (χ2v) is 5.09. The van der Waals surface area contributed by atoms with Crippen LogP contribution in [0.15, 0.2) is 15.9 Å². The third-order valence-corrected chi connectivity index (χ3v) is 3.51. The molecule has 20 heavy (non-hydrogen) atoms. The fourth-order valence-corrected chi connectivity index (χ4v) is 2.49. The first kappa shape index (κ1) is 14.3. The van der Waals surface area contributed by atoms with Crippen molar-refractivity contribution in [3.8, 4) is 11.8 Å². The average molecular weight is 289 g/mol. The number of carbonyl (C=O) groups excluding carboxylic acids is 1. The Bertz CT molecular complexity index is 676. The van der Waals surface area contributed by atoms with Gasteiger partial charge in [-0.25, -0.2) is 4.98 Å². The Morgan fingerprint density at radius 3 is 3.00 bits per heavy atom. The summed E-state index contributed by atoms with van der Waals surface area (Å²) in [7, 11) is 0. The summed E-state index contributed by atoms with van der Waals surface area (Å²) in [4.78, 5) is 17.1. The van der Waals surface area contributed by atoms with E-state index in [-0.39, 0.29) is 11.7 Å². The molecule has 2 aromatic heterocycles. The van der Waals surface area contributed by atoms with E-state index in [9.17, 15) is 4.79 Å². The van der Waals surface area contributed by atoms with Gasteiger partial charge in [0.25, 0.3) is 5.91 Å². The third kappa shape index (κ3) is 3.26. The molecule has 0 saturated carbocycles. The van der Waals surface area contributed by atoms with E-state index in [2.05, 4.69) is 22.1 Å². The molecule has 0 aliphatic carbocycles. The number of aryl methyl sites for hydroxylation is 2. The molecule has 0 radical (unpaired) electrons. The Morgan fingerprint density at radius 1 is 1.55 bits per heavy atom. The predicted molar refractivity (Wildman–Crippen MR) is 77.4 cm³/mol. The molecule has 0 spiro atoms.